The van der Waals surface area contributed by atoms with Crippen LogP contribution in [0.25, 0.3) is 0 Å². The number of aromatic amines is 1. The second-order valence-electron chi connectivity index (χ2n) is 5.13. The minimum absolute atomic E-state index is 0.0134. The SMILES string of the molecule is CC(C)C(Oc1cccc(Cl)c1)C(=O)NCc1csc(=O)[nH]1. The molecule has 2 rings (SSSR count). The van der Waals surface area contributed by atoms with E-state index in [0.717, 1.165) is 11.3 Å². The van der Waals surface area contributed by atoms with E-state index in [0.29, 0.717) is 16.5 Å². The van der Waals surface area contributed by atoms with Crippen molar-refractivity contribution in [3.05, 3.63) is 50.0 Å². The van der Waals surface area contributed by atoms with Gasteiger partial charge < -0.3 is 15.0 Å². The van der Waals surface area contributed by atoms with Crippen molar-refractivity contribution >= 4 is 28.8 Å². The first-order valence-corrected chi connectivity index (χ1v) is 8.08. The zero-order chi connectivity index (χ0) is 16.1. The molecule has 0 spiro atoms. The van der Waals surface area contributed by atoms with Crippen molar-refractivity contribution in [2.45, 2.75) is 26.5 Å². The number of rotatable bonds is 6. The summed E-state index contributed by atoms with van der Waals surface area (Å²) in [7, 11) is 0. The van der Waals surface area contributed by atoms with E-state index in [1.807, 2.05) is 13.8 Å². The molecule has 2 aromatic rings. The van der Waals surface area contributed by atoms with E-state index in [4.69, 9.17) is 16.3 Å². The van der Waals surface area contributed by atoms with E-state index in [1.54, 1.807) is 29.6 Å². The van der Waals surface area contributed by atoms with Crippen LogP contribution in [0.1, 0.15) is 19.5 Å². The first-order valence-electron chi connectivity index (χ1n) is 6.82. The lowest BCUT2D eigenvalue weighted by Crippen LogP contribution is -2.41. The van der Waals surface area contributed by atoms with E-state index in [-0.39, 0.29) is 23.2 Å². The second kappa shape index (κ2) is 7.47. The van der Waals surface area contributed by atoms with Crippen molar-refractivity contribution in [3.8, 4) is 5.75 Å². The Hall–Kier alpha value is -1.79. The smallest absolute Gasteiger partial charge is 0.304 e. The number of hydrogen-bond donors (Lipinski definition) is 2. The van der Waals surface area contributed by atoms with Crippen LogP contribution in [-0.2, 0) is 11.3 Å². The molecule has 1 atom stereocenters. The molecule has 118 valence electrons. The number of aromatic nitrogens is 1. The van der Waals surface area contributed by atoms with Gasteiger partial charge in [0.15, 0.2) is 6.10 Å². The largest absolute Gasteiger partial charge is 0.480 e. The fraction of sp³-hybridized carbons (Fsp3) is 0.333. The molecule has 0 saturated carbocycles. The monoisotopic (exact) mass is 340 g/mol. The number of H-pyrrole nitrogens is 1. The Morgan fingerprint density at radius 1 is 1.45 bits per heavy atom. The molecule has 1 heterocycles. The maximum atomic E-state index is 12.3. The zero-order valence-corrected chi connectivity index (χ0v) is 13.8. The van der Waals surface area contributed by atoms with Crippen LogP contribution in [0.2, 0.25) is 5.02 Å². The Kier molecular flexibility index (Phi) is 5.63. The predicted molar refractivity (Wildman–Crippen MR) is 87.5 cm³/mol. The molecule has 0 fully saturated rings. The lowest BCUT2D eigenvalue weighted by atomic mass is 10.1. The van der Waals surface area contributed by atoms with Gasteiger partial charge in [-0.3, -0.25) is 9.59 Å². The second-order valence-corrected chi connectivity index (χ2v) is 6.41. The van der Waals surface area contributed by atoms with Crippen LogP contribution in [0.15, 0.2) is 34.4 Å². The summed E-state index contributed by atoms with van der Waals surface area (Å²) in [6.07, 6.45) is -0.635. The summed E-state index contributed by atoms with van der Waals surface area (Å²) in [4.78, 5) is 25.9. The summed E-state index contributed by atoms with van der Waals surface area (Å²) >= 11 is 6.98. The van der Waals surface area contributed by atoms with Crippen molar-refractivity contribution in [1.82, 2.24) is 10.3 Å². The molecule has 0 bridgehead atoms. The molecule has 1 aromatic carbocycles. The Bertz CT molecular complexity index is 696. The third kappa shape index (κ3) is 4.61. The quantitative estimate of drug-likeness (QED) is 0.849. The van der Waals surface area contributed by atoms with Crippen LogP contribution in [0.4, 0.5) is 0 Å². The topological polar surface area (TPSA) is 71.2 Å². The molecule has 7 heteroatoms. The summed E-state index contributed by atoms with van der Waals surface area (Å²) in [5.74, 6) is 0.299. The summed E-state index contributed by atoms with van der Waals surface area (Å²) in [5.41, 5.74) is 0.675. The van der Waals surface area contributed by atoms with Gasteiger partial charge in [-0.25, -0.2) is 0 Å². The third-order valence-electron chi connectivity index (χ3n) is 2.95. The molecule has 22 heavy (non-hydrogen) atoms. The van der Waals surface area contributed by atoms with Crippen molar-refractivity contribution in [3.63, 3.8) is 0 Å². The summed E-state index contributed by atoms with van der Waals surface area (Å²) in [6.45, 7) is 4.07. The van der Waals surface area contributed by atoms with Gasteiger partial charge in [-0.1, -0.05) is 42.9 Å². The lowest BCUT2D eigenvalue weighted by molar-refractivity contribution is -0.130. The molecule has 0 aliphatic heterocycles. The van der Waals surface area contributed by atoms with Crippen LogP contribution in [0, 0.1) is 5.92 Å². The molecule has 1 aromatic heterocycles. The van der Waals surface area contributed by atoms with Gasteiger partial charge in [-0.05, 0) is 24.1 Å². The first-order chi connectivity index (χ1) is 10.5. The van der Waals surface area contributed by atoms with Crippen LogP contribution in [0.3, 0.4) is 0 Å². The molecule has 5 nitrogen and oxygen atoms in total. The van der Waals surface area contributed by atoms with Gasteiger partial charge in [0.1, 0.15) is 5.75 Å². The summed E-state index contributed by atoms with van der Waals surface area (Å²) in [6, 6.07) is 6.93. The van der Waals surface area contributed by atoms with Gasteiger partial charge in [0.2, 0.25) is 0 Å². The molecular weight excluding hydrogens is 324 g/mol. The number of hydrogen-bond acceptors (Lipinski definition) is 4. The number of halogens is 1. The van der Waals surface area contributed by atoms with Crippen molar-refractivity contribution in [2.75, 3.05) is 0 Å². The average molecular weight is 341 g/mol. The molecule has 0 aliphatic rings. The number of carbonyl (C=O) groups is 1. The van der Waals surface area contributed by atoms with E-state index >= 15 is 0 Å². The molecule has 0 saturated heterocycles. The lowest BCUT2D eigenvalue weighted by Gasteiger charge is -2.21. The standard InChI is InChI=1S/C15H17ClN2O3S/c1-9(2)13(21-12-5-3-4-10(16)6-12)14(19)17-7-11-8-22-15(20)18-11/h3-6,8-9,13H,7H2,1-2H3,(H,17,19)(H,18,20). The number of thiazole rings is 1. The molecular formula is C15H17ClN2O3S. The molecule has 2 N–H and O–H groups in total. The Labute approximate surface area is 137 Å². The van der Waals surface area contributed by atoms with Crippen molar-refractivity contribution in [2.24, 2.45) is 5.92 Å². The van der Waals surface area contributed by atoms with E-state index in [1.165, 1.54) is 0 Å². The maximum Gasteiger partial charge on any atom is 0.304 e. The minimum Gasteiger partial charge on any atom is -0.480 e. The van der Waals surface area contributed by atoms with Gasteiger partial charge in [0.05, 0.1) is 6.54 Å². The van der Waals surface area contributed by atoms with Crippen molar-refractivity contribution in [1.29, 1.82) is 0 Å². The van der Waals surface area contributed by atoms with E-state index in [9.17, 15) is 9.59 Å². The molecule has 0 aliphatic carbocycles. The summed E-state index contributed by atoms with van der Waals surface area (Å²) in [5, 5.41) is 5.01. The highest BCUT2D eigenvalue weighted by atomic mass is 35.5. The van der Waals surface area contributed by atoms with Gasteiger partial charge in [-0.15, -0.1) is 0 Å². The van der Waals surface area contributed by atoms with Crippen molar-refractivity contribution < 1.29 is 9.53 Å². The Balaban J connectivity index is 2.00. The number of benzene rings is 1. The number of carbonyl (C=O) groups excluding carboxylic acids is 1. The molecule has 1 amide bonds. The highest BCUT2D eigenvalue weighted by Gasteiger charge is 2.24. The minimum atomic E-state index is -0.635. The normalized spacial score (nSPS) is 12.2. The Morgan fingerprint density at radius 2 is 2.23 bits per heavy atom. The first kappa shape index (κ1) is 16.6. The number of ether oxygens (including phenoxy) is 1. The Morgan fingerprint density at radius 3 is 2.82 bits per heavy atom. The third-order valence-corrected chi connectivity index (χ3v) is 3.90. The highest BCUT2D eigenvalue weighted by Crippen LogP contribution is 2.20. The van der Waals surface area contributed by atoms with Crippen LogP contribution in [-0.4, -0.2) is 17.0 Å². The summed E-state index contributed by atoms with van der Waals surface area (Å²) < 4.78 is 5.75. The molecule has 1 unspecified atom stereocenters. The fourth-order valence-electron chi connectivity index (χ4n) is 1.86. The van der Waals surface area contributed by atoms with E-state index in [2.05, 4.69) is 10.3 Å². The average Bonchev–Trinajstić information content (AvgIpc) is 2.88. The van der Waals surface area contributed by atoms with E-state index < -0.39 is 6.10 Å². The zero-order valence-electron chi connectivity index (χ0n) is 12.3. The number of nitrogens with one attached hydrogen (secondary N) is 2. The number of amides is 1. The van der Waals surface area contributed by atoms with Crippen LogP contribution >= 0.6 is 22.9 Å². The molecule has 0 radical (unpaired) electrons. The van der Waals surface area contributed by atoms with Gasteiger partial charge in [-0.2, -0.15) is 0 Å². The fourth-order valence-corrected chi connectivity index (χ4v) is 2.62. The highest BCUT2D eigenvalue weighted by molar-refractivity contribution is 7.07. The van der Waals surface area contributed by atoms with Crippen LogP contribution in [0.5, 0.6) is 5.75 Å². The predicted octanol–water partition coefficient (Wildman–Crippen LogP) is 2.81. The maximum absolute atomic E-state index is 12.3. The van der Waals surface area contributed by atoms with Crippen LogP contribution < -0.4 is 14.9 Å². The van der Waals surface area contributed by atoms with Gasteiger partial charge >= 0.3 is 4.87 Å². The van der Waals surface area contributed by atoms with Gasteiger partial charge in [0.25, 0.3) is 5.91 Å². The van der Waals surface area contributed by atoms with Gasteiger partial charge in [0, 0.05) is 16.1 Å².